The van der Waals surface area contributed by atoms with Crippen LogP contribution in [-0.4, -0.2) is 23.0 Å². The summed E-state index contributed by atoms with van der Waals surface area (Å²) in [6.07, 6.45) is 5.80. The molecule has 1 amide bonds. The van der Waals surface area contributed by atoms with Gasteiger partial charge in [-0.2, -0.15) is 0 Å². The SMILES string of the molecule is CC(C)Oc1ccc(CNC2CCC3(CC2)C(=O)Nc2ccccc23)cn1. The van der Waals surface area contributed by atoms with E-state index in [0.29, 0.717) is 11.9 Å². The van der Waals surface area contributed by atoms with Gasteiger partial charge in [0.25, 0.3) is 0 Å². The van der Waals surface area contributed by atoms with E-state index >= 15 is 0 Å². The van der Waals surface area contributed by atoms with Gasteiger partial charge in [-0.15, -0.1) is 0 Å². The molecule has 142 valence electrons. The van der Waals surface area contributed by atoms with Gasteiger partial charge in [0.05, 0.1) is 11.5 Å². The van der Waals surface area contributed by atoms with Crippen molar-refractivity contribution >= 4 is 11.6 Å². The molecule has 5 heteroatoms. The smallest absolute Gasteiger partial charge is 0.235 e. The number of rotatable bonds is 5. The number of nitrogens with zero attached hydrogens (tertiary/aromatic N) is 1. The minimum Gasteiger partial charge on any atom is -0.475 e. The molecule has 1 aromatic heterocycles. The van der Waals surface area contributed by atoms with Gasteiger partial charge in [0, 0.05) is 30.5 Å². The zero-order valence-corrected chi connectivity index (χ0v) is 16.0. The monoisotopic (exact) mass is 365 g/mol. The average Bonchev–Trinajstić information content (AvgIpc) is 2.94. The lowest BCUT2D eigenvalue weighted by Crippen LogP contribution is -2.43. The molecular weight excluding hydrogens is 338 g/mol. The first-order valence-corrected chi connectivity index (χ1v) is 9.83. The summed E-state index contributed by atoms with van der Waals surface area (Å²) < 4.78 is 5.59. The molecule has 5 nitrogen and oxygen atoms in total. The highest BCUT2D eigenvalue weighted by Crippen LogP contribution is 2.47. The summed E-state index contributed by atoms with van der Waals surface area (Å²) in [5, 5.41) is 6.70. The van der Waals surface area contributed by atoms with Crippen LogP contribution in [0.4, 0.5) is 5.69 Å². The lowest BCUT2D eigenvalue weighted by Gasteiger charge is -2.36. The molecule has 1 saturated carbocycles. The number of hydrogen-bond acceptors (Lipinski definition) is 4. The van der Waals surface area contributed by atoms with E-state index in [1.807, 2.05) is 44.3 Å². The summed E-state index contributed by atoms with van der Waals surface area (Å²) in [7, 11) is 0. The Hall–Kier alpha value is -2.40. The van der Waals surface area contributed by atoms with Crippen LogP contribution in [0.3, 0.4) is 0 Å². The number of para-hydroxylation sites is 1. The van der Waals surface area contributed by atoms with Crippen molar-refractivity contribution in [2.75, 3.05) is 5.32 Å². The number of pyridine rings is 1. The molecule has 27 heavy (non-hydrogen) atoms. The van der Waals surface area contributed by atoms with Crippen molar-refractivity contribution in [2.24, 2.45) is 0 Å². The Labute approximate surface area is 160 Å². The molecule has 1 aromatic carbocycles. The second-order valence-electron chi connectivity index (χ2n) is 7.91. The van der Waals surface area contributed by atoms with Crippen LogP contribution in [0.15, 0.2) is 42.6 Å². The van der Waals surface area contributed by atoms with Crippen LogP contribution in [0.2, 0.25) is 0 Å². The van der Waals surface area contributed by atoms with Crippen LogP contribution >= 0.6 is 0 Å². The number of carbonyl (C=O) groups is 1. The predicted octanol–water partition coefficient (Wildman–Crippen LogP) is 3.79. The number of fused-ring (bicyclic) bond motifs is 2. The third kappa shape index (κ3) is 3.56. The van der Waals surface area contributed by atoms with Crippen LogP contribution in [0, 0.1) is 0 Å². The number of benzene rings is 1. The second-order valence-corrected chi connectivity index (χ2v) is 7.91. The fraction of sp³-hybridized carbons (Fsp3) is 0.455. The molecular formula is C22H27N3O2. The number of nitrogens with one attached hydrogen (secondary N) is 2. The zero-order chi connectivity index (χ0) is 18.9. The fourth-order valence-corrected chi connectivity index (χ4v) is 4.27. The highest BCUT2D eigenvalue weighted by Gasteiger charge is 2.48. The first-order chi connectivity index (χ1) is 13.1. The molecule has 2 heterocycles. The van der Waals surface area contributed by atoms with Crippen molar-refractivity contribution in [2.45, 2.75) is 63.6 Å². The minimum absolute atomic E-state index is 0.133. The third-order valence-corrected chi connectivity index (χ3v) is 5.71. The predicted molar refractivity (Wildman–Crippen MR) is 106 cm³/mol. The second kappa shape index (κ2) is 7.31. The Bertz CT molecular complexity index is 809. The maximum absolute atomic E-state index is 12.7. The Morgan fingerprint density at radius 1 is 1.22 bits per heavy atom. The first-order valence-electron chi connectivity index (χ1n) is 9.83. The van der Waals surface area contributed by atoms with Crippen LogP contribution in [-0.2, 0) is 16.8 Å². The zero-order valence-electron chi connectivity index (χ0n) is 16.0. The summed E-state index contributed by atoms with van der Waals surface area (Å²) in [5.41, 5.74) is 2.99. The molecule has 0 saturated heterocycles. The Morgan fingerprint density at radius 2 is 2.00 bits per heavy atom. The Balaban J connectivity index is 1.33. The molecule has 1 fully saturated rings. The van der Waals surface area contributed by atoms with E-state index in [-0.39, 0.29) is 17.4 Å². The van der Waals surface area contributed by atoms with Gasteiger partial charge in [0.2, 0.25) is 11.8 Å². The summed E-state index contributed by atoms with van der Waals surface area (Å²) in [5.74, 6) is 0.839. The molecule has 0 atom stereocenters. The fourth-order valence-electron chi connectivity index (χ4n) is 4.27. The highest BCUT2D eigenvalue weighted by atomic mass is 16.5. The van der Waals surface area contributed by atoms with Gasteiger partial charge in [0.1, 0.15) is 0 Å². The number of amides is 1. The van der Waals surface area contributed by atoms with Gasteiger partial charge >= 0.3 is 0 Å². The maximum Gasteiger partial charge on any atom is 0.235 e. The van der Waals surface area contributed by atoms with Gasteiger partial charge < -0.3 is 15.4 Å². The molecule has 2 N–H and O–H groups in total. The van der Waals surface area contributed by atoms with Crippen LogP contribution < -0.4 is 15.4 Å². The number of aromatic nitrogens is 1. The van der Waals surface area contributed by atoms with Crippen LogP contribution in [0.25, 0.3) is 0 Å². The van der Waals surface area contributed by atoms with Gasteiger partial charge in [-0.25, -0.2) is 4.98 Å². The van der Waals surface area contributed by atoms with E-state index < -0.39 is 0 Å². The molecule has 1 aliphatic heterocycles. The number of carbonyl (C=O) groups excluding carboxylic acids is 1. The van der Waals surface area contributed by atoms with Crippen molar-refractivity contribution in [3.05, 3.63) is 53.7 Å². The standard InChI is InChI=1S/C22H27N3O2/c1-15(2)27-20-8-7-16(14-24-20)13-23-17-9-11-22(12-10-17)18-5-3-4-6-19(18)25-21(22)26/h3-8,14-15,17,23H,9-13H2,1-2H3,(H,25,26). The number of ether oxygens (including phenoxy) is 1. The molecule has 2 aliphatic rings. The van der Waals surface area contributed by atoms with E-state index in [2.05, 4.69) is 27.8 Å². The van der Waals surface area contributed by atoms with Crippen molar-refractivity contribution in [1.29, 1.82) is 0 Å². The van der Waals surface area contributed by atoms with E-state index in [4.69, 9.17) is 4.74 Å². The lowest BCUT2D eigenvalue weighted by atomic mass is 9.69. The van der Waals surface area contributed by atoms with Crippen molar-refractivity contribution in [3.63, 3.8) is 0 Å². The van der Waals surface area contributed by atoms with Crippen LogP contribution in [0.5, 0.6) is 5.88 Å². The van der Waals surface area contributed by atoms with E-state index in [1.54, 1.807) is 0 Å². The molecule has 1 aliphatic carbocycles. The van der Waals surface area contributed by atoms with Gasteiger partial charge in [-0.05, 0) is 56.7 Å². The quantitative estimate of drug-likeness (QED) is 0.846. The molecule has 4 rings (SSSR count). The summed E-state index contributed by atoms with van der Waals surface area (Å²) >= 11 is 0. The summed E-state index contributed by atoms with van der Waals surface area (Å²) in [6.45, 7) is 4.78. The van der Waals surface area contributed by atoms with Crippen molar-refractivity contribution < 1.29 is 9.53 Å². The van der Waals surface area contributed by atoms with Gasteiger partial charge in [-0.3, -0.25) is 4.79 Å². The number of hydrogen-bond donors (Lipinski definition) is 2. The maximum atomic E-state index is 12.7. The lowest BCUT2D eigenvalue weighted by molar-refractivity contribution is -0.122. The number of anilines is 1. The summed E-state index contributed by atoms with van der Waals surface area (Å²) in [4.78, 5) is 17.0. The largest absolute Gasteiger partial charge is 0.475 e. The molecule has 2 aromatic rings. The van der Waals surface area contributed by atoms with Crippen molar-refractivity contribution in [3.8, 4) is 5.88 Å². The average molecular weight is 365 g/mol. The molecule has 0 unspecified atom stereocenters. The minimum atomic E-state index is -0.327. The van der Waals surface area contributed by atoms with Crippen molar-refractivity contribution in [1.82, 2.24) is 10.3 Å². The molecule has 1 spiro atoms. The summed E-state index contributed by atoms with van der Waals surface area (Å²) in [6, 6.07) is 12.5. The Kier molecular flexibility index (Phi) is 4.87. The molecule has 0 radical (unpaired) electrons. The van der Waals surface area contributed by atoms with E-state index in [1.165, 1.54) is 5.56 Å². The normalized spacial score (nSPS) is 24.1. The van der Waals surface area contributed by atoms with Crippen LogP contribution in [0.1, 0.15) is 50.7 Å². The topological polar surface area (TPSA) is 63.2 Å². The molecule has 0 bridgehead atoms. The van der Waals surface area contributed by atoms with E-state index in [9.17, 15) is 4.79 Å². The highest BCUT2D eigenvalue weighted by molar-refractivity contribution is 6.06. The van der Waals surface area contributed by atoms with Gasteiger partial charge in [0.15, 0.2) is 0 Å². The van der Waals surface area contributed by atoms with E-state index in [0.717, 1.165) is 43.5 Å². The Morgan fingerprint density at radius 3 is 2.70 bits per heavy atom. The first kappa shape index (κ1) is 18.0. The van der Waals surface area contributed by atoms with Gasteiger partial charge in [-0.1, -0.05) is 24.3 Å². The third-order valence-electron chi connectivity index (χ3n) is 5.71.